The summed E-state index contributed by atoms with van der Waals surface area (Å²) in [6.07, 6.45) is 10.9. The second kappa shape index (κ2) is 4.72. The third kappa shape index (κ3) is 2.50. The maximum atomic E-state index is 10.8. The molecule has 2 aliphatic rings. The summed E-state index contributed by atoms with van der Waals surface area (Å²) in [7, 11) is 0. The topological polar surface area (TPSA) is 72.9 Å². The van der Waals surface area contributed by atoms with Crippen LogP contribution in [0.2, 0.25) is 0 Å². The number of primary amides is 1. The number of amides is 1. The fourth-order valence-corrected chi connectivity index (χ4v) is 3.45. The molecular formula is C14H20N4O. The molecule has 1 aromatic rings. The molecule has 5 heteroatoms. The second-order valence-electron chi connectivity index (χ2n) is 5.77. The van der Waals surface area contributed by atoms with Crippen LogP contribution in [0.5, 0.6) is 0 Å². The van der Waals surface area contributed by atoms with Crippen molar-refractivity contribution < 1.29 is 4.79 Å². The summed E-state index contributed by atoms with van der Waals surface area (Å²) in [4.78, 5) is 10.8. The van der Waals surface area contributed by atoms with Crippen LogP contribution in [0.4, 0.5) is 5.69 Å². The van der Waals surface area contributed by atoms with Gasteiger partial charge in [0, 0.05) is 12.2 Å². The van der Waals surface area contributed by atoms with E-state index in [9.17, 15) is 4.79 Å². The third-order valence-electron chi connectivity index (χ3n) is 4.32. The van der Waals surface area contributed by atoms with Gasteiger partial charge in [-0.05, 0) is 37.5 Å². The number of nitrogens with two attached hydrogens (primary N) is 1. The highest BCUT2D eigenvalue weighted by molar-refractivity contribution is 5.73. The highest BCUT2D eigenvalue weighted by Gasteiger charge is 2.38. The summed E-state index contributed by atoms with van der Waals surface area (Å²) in [5, 5.41) is 7.62. The SMILES string of the molecule is CC(Nc1cnn(CC(N)=O)c1)C1CC2C=CC1C2. The Bertz CT molecular complexity index is 507. The number of nitrogens with one attached hydrogen (secondary N) is 1. The monoisotopic (exact) mass is 260 g/mol. The second-order valence-corrected chi connectivity index (χ2v) is 5.77. The Morgan fingerprint density at radius 2 is 2.42 bits per heavy atom. The number of nitrogens with zero attached hydrogens (tertiary/aromatic N) is 2. The van der Waals surface area contributed by atoms with E-state index in [1.807, 2.05) is 6.20 Å². The average Bonchev–Trinajstić information content (AvgIpc) is 3.04. The van der Waals surface area contributed by atoms with Gasteiger partial charge >= 0.3 is 0 Å². The number of aromatic nitrogens is 2. The van der Waals surface area contributed by atoms with Crippen LogP contribution in [0, 0.1) is 17.8 Å². The number of anilines is 1. The maximum absolute atomic E-state index is 10.8. The Labute approximate surface area is 112 Å². The first-order valence-corrected chi connectivity index (χ1v) is 6.87. The van der Waals surface area contributed by atoms with Crippen molar-refractivity contribution in [2.75, 3.05) is 5.32 Å². The van der Waals surface area contributed by atoms with Crippen molar-refractivity contribution in [1.29, 1.82) is 0 Å². The minimum atomic E-state index is -0.374. The summed E-state index contributed by atoms with van der Waals surface area (Å²) in [5.41, 5.74) is 6.11. The molecule has 0 radical (unpaired) electrons. The number of carbonyl (C=O) groups is 1. The Morgan fingerprint density at radius 1 is 1.58 bits per heavy atom. The third-order valence-corrected chi connectivity index (χ3v) is 4.32. The molecule has 19 heavy (non-hydrogen) atoms. The van der Waals surface area contributed by atoms with Gasteiger partial charge in [-0.25, -0.2) is 0 Å². The molecule has 1 heterocycles. The number of rotatable bonds is 5. The number of hydrogen-bond donors (Lipinski definition) is 2. The van der Waals surface area contributed by atoms with Crippen LogP contribution >= 0.6 is 0 Å². The van der Waals surface area contributed by atoms with E-state index in [2.05, 4.69) is 29.5 Å². The van der Waals surface area contributed by atoms with E-state index < -0.39 is 0 Å². The van der Waals surface area contributed by atoms with Gasteiger partial charge < -0.3 is 11.1 Å². The number of hydrogen-bond acceptors (Lipinski definition) is 3. The van der Waals surface area contributed by atoms with Crippen LogP contribution in [0.1, 0.15) is 19.8 Å². The molecule has 3 rings (SSSR count). The van der Waals surface area contributed by atoms with E-state index in [1.165, 1.54) is 12.8 Å². The quantitative estimate of drug-likeness (QED) is 0.786. The van der Waals surface area contributed by atoms with Crippen molar-refractivity contribution in [2.45, 2.75) is 32.4 Å². The number of allylic oxidation sites excluding steroid dienone is 2. The fourth-order valence-electron chi connectivity index (χ4n) is 3.45. The van der Waals surface area contributed by atoms with E-state index in [0.717, 1.165) is 17.5 Å². The van der Waals surface area contributed by atoms with Crippen molar-refractivity contribution in [2.24, 2.45) is 23.5 Å². The van der Waals surface area contributed by atoms with Crippen LogP contribution in [0.15, 0.2) is 24.5 Å². The molecular weight excluding hydrogens is 240 g/mol. The fraction of sp³-hybridized carbons (Fsp3) is 0.571. The molecule has 0 spiro atoms. The van der Waals surface area contributed by atoms with Crippen molar-refractivity contribution in [3.63, 3.8) is 0 Å². The molecule has 2 bridgehead atoms. The lowest BCUT2D eigenvalue weighted by molar-refractivity contribution is -0.118. The van der Waals surface area contributed by atoms with Gasteiger partial charge in [-0.15, -0.1) is 0 Å². The summed E-state index contributed by atoms with van der Waals surface area (Å²) < 4.78 is 1.57. The molecule has 0 aromatic carbocycles. The molecule has 5 nitrogen and oxygen atoms in total. The lowest BCUT2D eigenvalue weighted by Gasteiger charge is -2.26. The molecule has 1 amide bonds. The lowest BCUT2D eigenvalue weighted by Crippen LogP contribution is -2.28. The van der Waals surface area contributed by atoms with Gasteiger partial charge in [0.1, 0.15) is 6.54 Å². The Hall–Kier alpha value is -1.78. The van der Waals surface area contributed by atoms with Gasteiger partial charge in [0.05, 0.1) is 11.9 Å². The van der Waals surface area contributed by atoms with Gasteiger partial charge in [0.2, 0.25) is 5.91 Å². The smallest absolute Gasteiger partial charge is 0.239 e. The van der Waals surface area contributed by atoms with Crippen molar-refractivity contribution in [1.82, 2.24) is 9.78 Å². The normalized spacial score (nSPS) is 29.6. The van der Waals surface area contributed by atoms with E-state index >= 15 is 0 Å². The summed E-state index contributed by atoms with van der Waals surface area (Å²) in [6, 6.07) is 0.422. The van der Waals surface area contributed by atoms with Gasteiger partial charge in [-0.3, -0.25) is 9.48 Å². The van der Waals surface area contributed by atoms with Crippen LogP contribution in [-0.2, 0) is 11.3 Å². The molecule has 0 aliphatic heterocycles. The minimum absolute atomic E-state index is 0.132. The average molecular weight is 260 g/mol. The summed E-state index contributed by atoms with van der Waals surface area (Å²) >= 11 is 0. The summed E-state index contributed by atoms with van der Waals surface area (Å²) in [6.45, 7) is 2.36. The maximum Gasteiger partial charge on any atom is 0.239 e. The van der Waals surface area contributed by atoms with Gasteiger partial charge in [-0.1, -0.05) is 12.2 Å². The van der Waals surface area contributed by atoms with Crippen molar-refractivity contribution >= 4 is 11.6 Å². The van der Waals surface area contributed by atoms with E-state index in [4.69, 9.17) is 5.73 Å². The molecule has 0 saturated heterocycles. The largest absolute Gasteiger partial charge is 0.380 e. The van der Waals surface area contributed by atoms with Crippen LogP contribution < -0.4 is 11.1 Å². The Morgan fingerprint density at radius 3 is 3.05 bits per heavy atom. The van der Waals surface area contributed by atoms with Crippen molar-refractivity contribution in [3.05, 3.63) is 24.5 Å². The zero-order valence-corrected chi connectivity index (χ0v) is 11.1. The van der Waals surface area contributed by atoms with Crippen LogP contribution in [-0.4, -0.2) is 21.7 Å². The highest BCUT2D eigenvalue weighted by Crippen LogP contribution is 2.45. The van der Waals surface area contributed by atoms with Gasteiger partial charge in [0.15, 0.2) is 0 Å². The molecule has 3 N–H and O–H groups in total. The Kier molecular flexibility index (Phi) is 3.05. The lowest BCUT2D eigenvalue weighted by atomic mass is 9.87. The summed E-state index contributed by atoms with van der Waals surface area (Å²) in [5.74, 6) is 1.85. The van der Waals surface area contributed by atoms with Crippen molar-refractivity contribution in [3.8, 4) is 0 Å². The standard InChI is InChI=1S/C14H20N4O/c1-9(13-5-10-2-3-11(13)4-10)17-12-6-16-18(7-12)8-14(15)19/h2-3,6-7,9-11,13,17H,4-5,8H2,1H3,(H2,15,19). The molecule has 2 aliphatic carbocycles. The molecule has 1 fully saturated rings. The predicted molar refractivity (Wildman–Crippen MR) is 73.4 cm³/mol. The molecule has 4 unspecified atom stereocenters. The van der Waals surface area contributed by atoms with Crippen LogP contribution in [0.3, 0.4) is 0 Å². The zero-order valence-electron chi connectivity index (χ0n) is 11.1. The molecule has 1 aromatic heterocycles. The first kappa shape index (κ1) is 12.3. The molecule has 1 saturated carbocycles. The van der Waals surface area contributed by atoms with Crippen LogP contribution in [0.25, 0.3) is 0 Å². The molecule has 4 atom stereocenters. The minimum Gasteiger partial charge on any atom is -0.380 e. The highest BCUT2D eigenvalue weighted by atomic mass is 16.1. The number of fused-ring (bicyclic) bond motifs is 2. The van der Waals surface area contributed by atoms with E-state index in [0.29, 0.717) is 12.0 Å². The predicted octanol–water partition coefficient (Wildman–Crippen LogP) is 1.38. The first-order chi connectivity index (χ1) is 9.11. The number of carbonyl (C=O) groups excluding carboxylic acids is 1. The first-order valence-electron chi connectivity index (χ1n) is 6.87. The Balaban J connectivity index is 1.60. The molecule has 102 valence electrons. The van der Waals surface area contributed by atoms with Gasteiger partial charge in [-0.2, -0.15) is 5.10 Å². The van der Waals surface area contributed by atoms with E-state index in [1.54, 1.807) is 10.9 Å². The zero-order chi connectivity index (χ0) is 13.4. The van der Waals surface area contributed by atoms with Gasteiger partial charge in [0.25, 0.3) is 0 Å². The van der Waals surface area contributed by atoms with E-state index in [-0.39, 0.29) is 12.5 Å².